The minimum Gasteiger partial charge on any atom is -0.426 e. The summed E-state index contributed by atoms with van der Waals surface area (Å²) in [6.07, 6.45) is 0. The van der Waals surface area contributed by atoms with Gasteiger partial charge in [-0.15, -0.1) is 0 Å². The van der Waals surface area contributed by atoms with Crippen LogP contribution in [-0.4, -0.2) is 0 Å². The average Bonchev–Trinajstić information content (AvgIpc) is 2.64. The summed E-state index contributed by atoms with van der Waals surface area (Å²) in [5, 5.41) is 0. The average molecular weight is 533 g/mol. The van der Waals surface area contributed by atoms with Gasteiger partial charge in [0.15, 0.2) is 0 Å². The van der Waals surface area contributed by atoms with Gasteiger partial charge >= 0.3 is 17.2 Å². The number of hydrogen-bond donors (Lipinski definition) is 0. The fraction of sp³-hybridized carbons (Fsp3) is 0.600. The van der Waals surface area contributed by atoms with E-state index in [1.165, 1.54) is 33.4 Å². The Morgan fingerprint density at radius 3 is 0.889 bits per heavy atom. The minimum absolute atomic E-state index is 0.0755. The van der Waals surface area contributed by atoms with Crippen LogP contribution < -0.4 is 9.05 Å². The molecular formula is C30H46O4P2. The smallest absolute Gasteiger partial charge is 0.413 e. The number of hydrogen-bond acceptors (Lipinski definition) is 4. The second-order valence-electron chi connectivity index (χ2n) is 14.2. The highest BCUT2D eigenvalue weighted by atomic mass is 31.3. The Labute approximate surface area is 222 Å². The largest absolute Gasteiger partial charge is 0.426 e. The highest BCUT2D eigenvalue weighted by Gasteiger charge is 2.44. The number of rotatable bonds is 4. The second kappa shape index (κ2) is 9.85. The predicted octanol–water partition coefficient (Wildman–Crippen LogP) is 10.5. The van der Waals surface area contributed by atoms with Crippen molar-refractivity contribution in [2.75, 3.05) is 0 Å². The zero-order chi connectivity index (χ0) is 27.4. The summed E-state index contributed by atoms with van der Waals surface area (Å²) in [7, 11) is -3.05. The molecule has 1 fully saturated rings. The lowest BCUT2D eigenvalue weighted by molar-refractivity contribution is 0.270. The van der Waals surface area contributed by atoms with Gasteiger partial charge < -0.3 is 9.05 Å². The zero-order valence-corrected chi connectivity index (χ0v) is 26.6. The first-order chi connectivity index (χ1) is 16.2. The first-order valence-electron chi connectivity index (χ1n) is 12.8. The summed E-state index contributed by atoms with van der Waals surface area (Å²) in [5.41, 5.74) is 6.84. The third-order valence-electron chi connectivity index (χ3n) is 6.30. The van der Waals surface area contributed by atoms with Crippen LogP contribution >= 0.6 is 17.2 Å². The summed E-state index contributed by atoms with van der Waals surface area (Å²) < 4.78 is 25.2. The van der Waals surface area contributed by atoms with Crippen LogP contribution in [-0.2, 0) is 30.3 Å². The summed E-state index contributed by atoms with van der Waals surface area (Å²) in [6, 6.07) is 8.88. The lowest BCUT2D eigenvalue weighted by Gasteiger charge is -2.36. The van der Waals surface area contributed by atoms with Crippen LogP contribution in [0.1, 0.15) is 116 Å². The van der Waals surface area contributed by atoms with Crippen molar-refractivity contribution in [3.8, 4) is 11.5 Å². The van der Waals surface area contributed by atoms with Crippen LogP contribution in [0, 0.1) is 13.8 Å². The topological polar surface area (TPSA) is 36.9 Å². The van der Waals surface area contributed by atoms with E-state index in [0.29, 0.717) is 0 Å². The standard InChI is InChI=1S/C30H46O4P2/c1-19-15-21(27(3,4)5)25(22(16-19)28(6,7)8)31-35-33-36(34-35)32-26-23(29(9,10)11)17-20(2)18-24(26)30(12,13)14/h15-18H,1-14H3. The Bertz CT molecular complexity index is 948. The highest BCUT2D eigenvalue weighted by molar-refractivity contribution is 7.69. The van der Waals surface area contributed by atoms with Gasteiger partial charge in [0, 0.05) is 22.3 Å². The molecule has 1 saturated heterocycles. The van der Waals surface area contributed by atoms with E-state index in [9.17, 15) is 0 Å². The van der Waals surface area contributed by atoms with Crippen LogP contribution in [0.25, 0.3) is 0 Å². The fourth-order valence-corrected chi connectivity index (χ4v) is 6.45. The monoisotopic (exact) mass is 532 g/mol. The molecule has 0 amide bonds. The molecule has 1 aliphatic rings. The molecule has 0 N–H and O–H groups in total. The van der Waals surface area contributed by atoms with Crippen molar-refractivity contribution >= 4 is 17.2 Å². The van der Waals surface area contributed by atoms with Crippen LogP contribution in [0.2, 0.25) is 0 Å². The summed E-state index contributed by atoms with van der Waals surface area (Å²) in [6.45, 7) is 30.9. The number of benzene rings is 2. The zero-order valence-electron chi connectivity index (χ0n) is 24.8. The van der Waals surface area contributed by atoms with E-state index in [2.05, 4.69) is 121 Å². The summed E-state index contributed by atoms with van der Waals surface area (Å²) >= 11 is 0. The minimum atomic E-state index is -1.52. The Morgan fingerprint density at radius 2 is 0.694 bits per heavy atom. The third kappa shape index (κ3) is 6.63. The Kier molecular flexibility index (Phi) is 8.04. The van der Waals surface area contributed by atoms with Gasteiger partial charge in [-0.25, -0.2) is 8.62 Å². The molecular weight excluding hydrogens is 486 g/mol. The van der Waals surface area contributed by atoms with E-state index in [1.54, 1.807) is 0 Å². The molecule has 200 valence electrons. The van der Waals surface area contributed by atoms with E-state index in [4.69, 9.17) is 17.7 Å². The summed E-state index contributed by atoms with van der Waals surface area (Å²) in [4.78, 5) is 0. The molecule has 6 heteroatoms. The summed E-state index contributed by atoms with van der Waals surface area (Å²) in [5.74, 6) is 1.75. The molecule has 2 aromatic rings. The molecule has 4 nitrogen and oxygen atoms in total. The lowest BCUT2D eigenvalue weighted by atomic mass is 9.78. The molecule has 3 rings (SSSR count). The molecule has 1 heterocycles. The van der Waals surface area contributed by atoms with Crippen molar-refractivity contribution in [2.45, 2.75) is 119 Å². The van der Waals surface area contributed by atoms with Crippen LogP contribution in [0.5, 0.6) is 11.5 Å². The molecule has 0 saturated carbocycles. The molecule has 0 spiro atoms. The van der Waals surface area contributed by atoms with Gasteiger partial charge in [-0.2, -0.15) is 0 Å². The molecule has 36 heavy (non-hydrogen) atoms. The Morgan fingerprint density at radius 1 is 0.472 bits per heavy atom. The maximum Gasteiger partial charge on any atom is 0.413 e. The fourth-order valence-electron chi connectivity index (χ4n) is 4.30. The number of aryl methyl sites for hydroxylation is 2. The van der Waals surface area contributed by atoms with Crippen LogP contribution in [0.3, 0.4) is 0 Å². The van der Waals surface area contributed by atoms with E-state index in [1.807, 2.05) is 0 Å². The van der Waals surface area contributed by atoms with Crippen LogP contribution in [0.4, 0.5) is 0 Å². The van der Waals surface area contributed by atoms with Gasteiger partial charge in [-0.3, -0.25) is 0 Å². The van der Waals surface area contributed by atoms with Crippen molar-refractivity contribution in [3.05, 3.63) is 57.6 Å². The first-order valence-corrected chi connectivity index (χ1v) is 15.0. The van der Waals surface area contributed by atoms with Crippen molar-refractivity contribution in [3.63, 3.8) is 0 Å². The normalized spacial score (nSPS) is 19.2. The van der Waals surface area contributed by atoms with Crippen molar-refractivity contribution in [2.24, 2.45) is 0 Å². The SMILES string of the molecule is Cc1cc(C(C)(C)C)c(OP2OP(Oc3c(C(C)(C)C)cc(C)cc3C(C)(C)C)O2)c(C(C)(C)C)c1. The van der Waals surface area contributed by atoms with Crippen molar-refractivity contribution < 1.29 is 17.7 Å². The Balaban J connectivity index is 1.89. The van der Waals surface area contributed by atoms with Gasteiger partial charge in [-0.1, -0.05) is 118 Å². The molecule has 0 aromatic heterocycles. The second-order valence-corrected chi connectivity index (χ2v) is 16.7. The van der Waals surface area contributed by atoms with Crippen molar-refractivity contribution in [1.82, 2.24) is 0 Å². The van der Waals surface area contributed by atoms with E-state index in [-0.39, 0.29) is 21.7 Å². The van der Waals surface area contributed by atoms with Crippen LogP contribution in [0.15, 0.2) is 24.3 Å². The highest BCUT2D eigenvalue weighted by Crippen LogP contribution is 2.72. The molecule has 0 unspecified atom stereocenters. The maximum absolute atomic E-state index is 6.46. The van der Waals surface area contributed by atoms with Gasteiger partial charge in [0.05, 0.1) is 0 Å². The van der Waals surface area contributed by atoms with Gasteiger partial charge in [0.1, 0.15) is 11.5 Å². The molecule has 0 aliphatic carbocycles. The lowest BCUT2D eigenvalue weighted by Crippen LogP contribution is -2.21. The van der Waals surface area contributed by atoms with E-state index >= 15 is 0 Å². The third-order valence-corrected chi connectivity index (χ3v) is 9.09. The molecule has 1 aliphatic heterocycles. The first kappa shape index (κ1) is 29.4. The van der Waals surface area contributed by atoms with Gasteiger partial charge in [-0.05, 0) is 35.5 Å². The molecule has 0 radical (unpaired) electrons. The molecule has 0 atom stereocenters. The predicted molar refractivity (Wildman–Crippen MR) is 154 cm³/mol. The van der Waals surface area contributed by atoms with Gasteiger partial charge in [0.25, 0.3) is 0 Å². The molecule has 2 aromatic carbocycles. The maximum atomic E-state index is 6.46. The molecule has 0 bridgehead atoms. The Hall–Kier alpha value is -1.18. The van der Waals surface area contributed by atoms with Gasteiger partial charge in [0.2, 0.25) is 0 Å². The van der Waals surface area contributed by atoms with Crippen molar-refractivity contribution in [1.29, 1.82) is 0 Å². The van der Waals surface area contributed by atoms with E-state index in [0.717, 1.165) is 11.5 Å². The van der Waals surface area contributed by atoms with E-state index < -0.39 is 17.2 Å². The quantitative estimate of drug-likeness (QED) is 0.367.